The first-order chi connectivity index (χ1) is 12.7. The van der Waals surface area contributed by atoms with E-state index in [-0.39, 0.29) is 29.9 Å². The van der Waals surface area contributed by atoms with Crippen molar-refractivity contribution in [1.82, 2.24) is 24.2 Å². The lowest BCUT2D eigenvalue weighted by molar-refractivity contribution is 0.0595. The van der Waals surface area contributed by atoms with Crippen LogP contribution in [0, 0.1) is 6.92 Å². The van der Waals surface area contributed by atoms with Crippen molar-refractivity contribution in [2.24, 2.45) is 0 Å². The second kappa shape index (κ2) is 7.99. The molecule has 0 unspecified atom stereocenters. The van der Waals surface area contributed by atoms with Crippen molar-refractivity contribution in [3.05, 3.63) is 23.7 Å². The molecule has 0 fully saturated rings. The molecular weight excluding hydrogens is 380 g/mol. The standard InChI is InChI=1S/C14H18N6O6S/c1-5-20-7-6-9(11(21)25-3)10(20)27(23,24)19-13(22)17-12-15-8(2)16-14(18-12)26-4/h6-7H,5H2,1-4H3,(H2,15,16,17,18,19,22). The SMILES string of the molecule is CCn1ccc(C(=O)OC)c1S(=O)(=O)NC(=O)Nc1nc(C)nc(OC)n1. The predicted molar refractivity (Wildman–Crippen MR) is 91.9 cm³/mol. The zero-order valence-electron chi connectivity index (χ0n) is 15.0. The first-order valence-corrected chi connectivity index (χ1v) is 9.08. The van der Waals surface area contributed by atoms with E-state index < -0.39 is 27.0 Å². The van der Waals surface area contributed by atoms with E-state index in [1.807, 2.05) is 4.72 Å². The van der Waals surface area contributed by atoms with Crippen LogP contribution in [0.3, 0.4) is 0 Å². The lowest BCUT2D eigenvalue weighted by Crippen LogP contribution is -2.36. The van der Waals surface area contributed by atoms with Gasteiger partial charge in [0.05, 0.1) is 19.8 Å². The first-order valence-electron chi connectivity index (χ1n) is 7.59. The van der Waals surface area contributed by atoms with Gasteiger partial charge in [0.25, 0.3) is 10.0 Å². The summed E-state index contributed by atoms with van der Waals surface area (Å²) in [5.74, 6) is -0.792. The Morgan fingerprint density at radius 3 is 2.52 bits per heavy atom. The largest absolute Gasteiger partial charge is 0.467 e. The number of urea groups is 1. The first kappa shape index (κ1) is 20.1. The number of carbonyl (C=O) groups is 2. The molecule has 0 atom stereocenters. The maximum Gasteiger partial charge on any atom is 0.340 e. The van der Waals surface area contributed by atoms with Gasteiger partial charge in [-0.3, -0.25) is 5.32 Å². The van der Waals surface area contributed by atoms with Gasteiger partial charge in [0.15, 0.2) is 5.03 Å². The molecule has 0 saturated heterocycles. The summed E-state index contributed by atoms with van der Waals surface area (Å²) in [5.41, 5.74) is -0.197. The van der Waals surface area contributed by atoms with Crippen LogP contribution in [0.4, 0.5) is 10.7 Å². The Hall–Kier alpha value is -3.22. The molecule has 12 nitrogen and oxygen atoms in total. The summed E-state index contributed by atoms with van der Waals surface area (Å²) in [6, 6.07) is 0.123. The topological polar surface area (TPSA) is 154 Å². The number of hydrogen-bond acceptors (Lipinski definition) is 9. The maximum absolute atomic E-state index is 12.6. The molecule has 2 aromatic heterocycles. The molecule has 13 heteroatoms. The highest BCUT2D eigenvalue weighted by Crippen LogP contribution is 2.19. The summed E-state index contributed by atoms with van der Waals surface area (Å²) in [6.45, 7) is 3.47. The molecule has 2 amide bonds. The fourth-order valence-electron chi connectivity index (χ4n) is 2.17. The van der Waals surface area contributed by atoms with E-state index >= 15 is 0 Å². The third kappa shape index (κ3) is 4.49. The van der Waals surface area contributed by atoms with Gasteiger partial charge in [-0.25, -0.2) is 14.3 Å². The molecule has 146 valence electrons. The number of methoxy groups -OCH3 is 2. The molecular formula is C14H18N6O6S. The normalized spacial score (nSPS) is 11.0. The maximum atomic E-state index is 12.6. The summed E-state index contributed by atoms with van der Waals surface area (Å²) in [7, 11) is -1.94. The highest BCUT2D eigenvalue weighted by atomic mass is 32.2. The minimum atomic E-state index is -4.39. The third-order valence-corrected chi connectivity index (χ3v) is 4.69. The van der Waals surface area contributed by atoms with Crippen molar-refractivity contribution in [3.63, 3.8) is 0 Å². The van der Waals surface area contributed by atoms with Gasteiger partial charge in [-0.2, -0.15) is 23.4 Å². The monoisotopic (exact) mass is 398 g/mol. The van der Waals surface area contributed by atoms with Crippen LogP contribution in [0.2, 0.25) is 0 Å². The molecule has 2 heterocycles. The quantitative estimate of drug-likeness (QED) is 0.654. The van der Waals surface area contributed by atoms with Gasteiger partial charge in [-0.15, -0.1) is 0 Å². The van der Waals surface area contributed by atoms with Crippen LogP contribution < -0.4 is 14.8 Å². The third-order valence-electron chi connectivity index (χ3n) is 3.27. The fraction of sp³-hybridized carbons (Fsp3) is 0.357. The van der Waals surface area contributed by atoms with Crippen molar-refractivity contribution in [1.29, 1.82) is 0 Å². The molecule has 2 aromatic rings. The highest BCUT2D eigenvalue weighted by Gasteiger charge is 2.29. The lowest BCUT2D eigenvalue weighted by Gasteiger charge is -2.12. The van der Waals surface area contributed by atoms with Gasteiger partial charge in [-0.05, 0) is 19.9 Å². The Morgan fingerprint density at radius 2 is 1.93 bits per heavy atom. The summed E-state index contributed by atoms with van der Waals surface area (Å²) in [4.78, 5) is 35.4. The van der Waals surface area contributed by atoms with Crippen molar-refractivity contribution < 1.29 is 27.5 Å². The number of nitrogens with zero attached hydrogens (tertiary/aromatic N) is 4. The highest BCUT2D eigenvalue weighted by molar-refractivity contribution is 7.90. The van der Waals surface area contributed by atoms with Crippen LogP contribution in [0.5, 0.6) is 6.01 Å². The molecule has 0 radical (unpaired) electrons. The Balaban J connectivity index is 2.29. The average molecular weight is 398 g/mol. The van der Waals surface area contributed by atoms with E-state index in [0.717, 1.165) is 7.11 Å². The molecule has 0 aromatic carbocycles. The second-order valence-corrected chi connectivity index (χ2v) is 6.66. The number of sulfonamides is 1. The number of amides is 2. The molecule has 27 heavy (non-hydrogen) atoms. The fourth-order valence-corrected chi connectivity index (χ4v) is 3.50. The molecule has 0 spiro atoms. The molecule has 0 aliphatic heterocycles. The number of ether oxygens (including phenoxy) is 2. The summed E-state index contributed by atoms with van der Waals surface area (Å²) < 4.78 is 37.8. The predicted octanol–water partition coefficient (Wildman–Crippen LogP) is 0.307. The lowest BCUT2D eigenvalue weighted by atomic mass is 10.3. The van der Waals surface area contributed by atoms with Crippen molar-refractivity contribution in [2.45, 2.75) is 25.4 Å². The van der Waals surface area contributed by atoms with Crippen LogP contribution in [0.1, 0.15) is 23.1 Å². The van der Waals surface area contributed by atoms with Crippen molar-refractivity contribution in [3.8, 4) is 6.01 Å². The minimum absolute atomic E-state index is 0.0477. The molecule has 0 aliphatic carbocycles. The Bertz CT molecular complexity index is 970. The van der Waals surface area contributed by atoms with Crippen LogP contribution in [0.25, 0.3) is 0 Å². The van der Waals surface area contributed by atoms with Crippen molar-refractivity contribution >= 4 is 28.0 Å². The number of esters is 1. The summed E-state index contributed by atoms with van der Waals surface area (Å²) in [6.07, 6.45) is 1.40. The van der Waals surface area contributed by atoms with Crippen LogP contribution in [0.15, 0.2) is 17.3 Å². The van der Waals surface area contributed by atoms with Gasteiger partial charge >= 0.3 is 18.0 Å². The van der Waals surface area contributed by atoms with E-state index in [1.54, 1.807) is 13.8 Å². The zero-order chi connectivity index (χ0) is 20.2. The smallest absolute Gasteiger partial charge is 0.340 e. The Morgan fingerprint density at radius 1 is 1.22 bits per heavy atom. The van der Waals surface area contributed by atoms with Crippen molar-refractivity contribution in [2.75, 3.05) is 19.5 Å². The van der Waals surface area contributed by atoms with Gasteiger partial charge in [0.2, 0.25) is 5.95 Å². The van der Waals surface area contributed by atoms with Crippen LogP contribution in [-0.4, -0.2) is 54.2 Å². The Labute approximate surface area is 155 Å². The number of aromatic nitrogens is 4. The van der Waals surface area contributed by atoms with Gasteiger partial charge in [-0.1, -0.05) is 0 Å². The second-order valence-electron chi connectivity index (χ2n) is 5.06. The van der Waals surface area contributed by atoms with E-state index in [9.17, 15) is 18.0 Å². The molecule has 2 rings (SSSR count). The van der Waals surface area contributed by atoms with Crippen LogP contribution >= 0.6 is 0 Å². The number of nitrogens with one attached hydrogen (secondary N) is 2. The molecule has 2 N–H and O–H groups in total. The van der Waals surface area contributed by atoms with Gasteiger partial charge in [0, 0.05) is 12.7 Å². The molecule has 0 aliphatic rings. The van der Waals surface area contributed by atoms with E-state index in [1.165, 1.54) is 23.9 Å². The summed E-state index contributed by atoms with van der Waals surface area (Å²) >= 11 is 0. The number of aryl methyl sites for hydroxylation is 2. The van der Waals surface area contributed by atoms with E-state index in [4.69, 9.17) is 4.74 Å². The number of anilines is 1. The van der Waals surface area contributed by atoms with Gasteiger partial charge in [0.1, 0.15) is 5.82 Å². The molecule has 0 bridgehead atoms. The van der Waals surface area contributed by atoms with E-state index in [2.05, 4.69) is 25.0 Å². The minimum Gasteiger partial charge on any atom is -0.467 e. The number of hydrogen-bond donors (Lipinski definition) is 2. The average Bonchev–Trinajstić information content (AvgIpc) is 3.05. The summed E-state index contributed by atoms with van der Waals surface area (Å²) in [5, 5.41) is 1.79. The zero-order valence-corrected chi connectivity index (χ0v) is 15.8. The Kier molecular flexibility index (Phi) is 5.95. The number of rotatable bonds is 6. The van der Waals surface area contributed by atoms with E-state index in [0.29, 0.717) is 0 Å². The molecule has 0 saturated carbocycles. The van der Waals surface area contributed by atoms with Crippen LogP contribution in [-0.2, 0) is 21.3 Å². The number of carbonyl (C=O) groups excluding carboxylic acids is 2. The van der Waals surface area contributed by atoms with Gasteiger partial charge < -0.3 is 14.0 Å².